The van der Waals surface area contributed by atoms with Gasteiger partial charge in [0.05, 0.1) is 12.8 Å². The molecule has 9 nitrogen and oxygen atoms in total. The quantitative estimate of drug-likeness (QED) is 0.402. The minimum absolute atomic E-state index is 0.363. The fourth-order valence-electron chi connectivity index (χ4n) is 3.41. The SMILES string of the molecule is CC[C@]1(C)NC(=O)N(CC(=O)OCC(=O)c2cc(C)n(Cc3ccco3)c2C)C1=O. The normalized spacial score (nSPS) is 18.6. The fourth-order valence-corrected chi connectivity index (χ4v) is 3.41. The number of esters is 1. The summed E-state index contributed by atoms with van der Waals surface area (Å²) in [5, 5.41) is 2.56. The van der Waals surface area contributed by atoms with E-state index in [4.69, 9.17) is 9.15 Å². The molecule has 30 heavy (non-hydrogen) atoms. The zero-order valence-electron chi connectivity index (χ0n) is 17.5. The summed E-state index contributed by atoms with van der Waals surface area (Å²) in [6, 6.07) is 4.73. The number of nitrogens with zero attached hydrogens (tertiary/aromatic N) is 2. The lowest BCUT2D eigenvalue weighted by Crippen LogP contribution is -2.43. The number of imide groups is 1. The van der Waals surface area contributed by atoms with Crippen molar-refractivity contribution in [1.82, 2.24) is 14.8 Å². The molecule has 0 unspecified atom stereocenters. The van der Waals surface area contributed by atoms with Gasteiger partial charge in [0, 0.05) is 17.0 Å². The number of aryl methyl sites for hydroxylation is 1. The van der Waals surface area contributed by atoms with Gasteiger partial charge in [0.15, 0.2) is 6.61 Å². The van der Waals surface area contributed by atoms with Crippen LogP contribution in [0.1, 0.15) is 47.8 Å². The molecular weight excluding hydrogens is 390 g/mol. The zero-order chi connectivity index (χ0) is 22.1. The van der Waals surface area contributed by atoms with Crippen LogP contribution < -0.4 is 5.32 Å². The Kier molecular flexibility index (Phi) is 5.82. The summed E-state index contributed by atoms with van der Waals surface area (Å²) >= 11 is 0. The molecule has 1 aliphatic rings. The molecule has 3 amide bonds. The topological polar surface area (TPSA) is 111 Å². The molecule has 1 atom stereocenters. The Hall–Kier alpha value is -3.36. The molecule has 1 saturated heterocycles. The Morgan fingerprint density at radius 1 is 1.27 bits per heavy atom. The van der Waals surface area contributed by atoms with Crippen molar-refractivity contribution in [2.75, 3.05) is 13.2 Å². The Labute approximate surface area is 174 Å². The van der Waals surface area contributed by atoms with Crippen LogP contribution in [0.4, 0.5) is 4.79 Å². The van der Waals surface area contributed by atoms with Gasteiger partial charge in [-0.15, -0.1) is 0 Å². The number of Topliss-reactive ketones (excluding diaryl/α,β-unsaturated/α-hetero) is 1. The molecule has 0 aromatic carbocycles. The second-order valence-corrected chi connectivity index (χ2v) is 7.54. The highest BCUT2D eigenvalue weighted by atomic mass is 16.5. The summed E-state index contributed by atoms with van der Waals surface area (Å²) in [6.45, 7) is 6.52. The molecule has 2 aromatic rings. The third-order valence-corrected chi connectivity index (χ3v) is 5.47. The first-order valence-electron chi connectivity index (χ1n) is 9.68. The number of nitrogens with one attached hydrogen (secondary N) is 1. The molecule has 0 saturated carbocycles. The minimum Gasteiger partial charge on any atom is -0.467 e. The Balaban J connectivity index is 1.60. The molecule has 3 heterocycles. The standard InChI is InChI=1S/C21H25N3O6/c1-5-21(4)19(27)24(20(28)22-21)11-18(26)30-12-17(25)16-9-13(2)23(14(16)3)10-15-7-6-8-29-15/h6-9H,5,10-12H2,1-4H3,(H,22,28)/t21-/m0/s1. The van der Waals surface area contributed by atoms with Crippen LogP contribution >= 0.6 is 0 Å². The third-order valence-electron chi connectivity index (χ3n) is 5.47. The largest absolute Gasteiger partial charge is 0.467 e. The number of urea groups is 1. The number of hydrogen-bond acceptors (Lipinski definition) is 6. The number of ketones is 1. The molecule has 1 N–H and O–H groups in total. The first-order valence-corrected chi connectivity index (χ1v) is 9.68. The van der Waals surface area contributed by atoms with Gasteiger partial charge in [-0.05, 0) is 45.4 Å². The third kappa shape index (κ3) is 4.00. The lowest BCUT2D eigenvalue weighted by Gasteiger charge is -2.18. The smallest absolute Gasteiger partial charge is 0.326 e. The number of carbonyl (C=O) groups is 4. The van der Waals surface area contributed by atoms with Gasteiger partial charge < -0.3 is 19.0 Å². The average molecular weight is 415 g/mol. The highest BCUT2D eigenvalue weighted by Gasteiger charge is 2.47. The van der Waals surface area contributed by atoms with Gasteiger partial charge in [-0.1, -0.05) is 6.92 Å². The van der Waals surface area contributed by atoms with E-state index in [9.17, 15) is 19.2 Å². The zero-order valence-corrected chi connectivity index (χ0v) is 17.5. The summed E-state index contributed by atoms with van der Waals surface area (Å²) in [7, 11) is 0. The molecule has 3 rings (SSSR count). The van der Waals surface area contributed by atoms with Crippen molar-refractivity contribution in [2.45, 2.75) is 46.2 Å². The van der Waals surface area contributed by atoms with E-state index < -0.39 is 36.6 Å². The van der Waals surface area contributed by atoms with Crippen molar-refractivity contribution in [3.63, 3.8) is 0 Å². The van der Waals surface area contributed by atoms with Crippen molar-refractivity contribution in [2.24, 2.45) is 0 Å². The van der Waals surface area contributed by atoms with Gasteiger partial charge in [-0.3, -0.25) is 19.3 Å². The average Bonchev–Trinajstić information content (AvgIpc) is 3.38. The molecule has 2 aromatic heterocycles. The maximum absolute atomic E-state index is 12.6. The van der Waals surface area contributed by atoms with Crippen LogP contribution in [0.25, 0.3) is 0 Å². The van der Waals surface area contributed by atoms with Gasteiger partial charge in [-0.2, -0.15) is 0 Å². The van der Waals surface area contributed by atoms with Crippen molar-refractivity contribution in [3.8, 4) is 0 Å². The van der Waals surface area contributed by atoms with Gasteiger partial charge in [0.2, 0.25) is 5.78 Å². The Morgan fingerprint density at radius 2 is 2.00 bits per heavy atom. The lowest BCUT2D eigenvalue weighted by atomic mass is 9.99. The molecule has 0 bridgehead atoms. The van der Waals surface area contributed by atoms with Gasteiger partial charge >= 0.3 is 12.0 Å². The Bertz CT molecular complexity index is 991. The van der Waals surface area contributed by atoms with E-state index >= 15 is 0 Å². The van der Waals surface area contributed by atoms with Crippen LogP contribution in [-0.4, -0.2) is 51.8 Å². The van der Waals surface area contributed by atoms with Crippen molar-refractivity contribution in [3.05, 3.63) is 47.2 Å². The minimum atomic E-state index is -1.03. The summed E-state index contributed by atoms with van der Waals surface area (Å²) in [5.41, 5.74) is 1.02. The van der Waals surface area contributed by atoms with E-state index in [0.29, 0.717) is 18.5 Å². The van der Waals surface area contributed by atoms with Crippen LogP contribution in [0, 0.1) is 13.8 Å². The van der Waals surface area contributed by atoms with Crippen LogP contribution in [0.3, 0.4) is 0 Å². The number of ether oxygens (including phenoxy) is 1. The second kappa shape index (κ2) is 8.17. The van der Waals surface area contributed by atoms with Crippen molar-refractivity contribution >= 4 is 23.7 Å². The molecule has 9 heteroatoms. The molecule has 160 valence electrons. The number of amides is 3. The molecule has 0 spiro atoms. The molecule has 1 aliphatic heterocycles. The van der Waals surface area contributed by atoms with Crippen molar-refractivity contribution in [1.29, 1.82) is 0 Å². The van der Waals surface area contributed by atoms with Gasteiger partial charge in [0.1, 0.15) is 17.8 Å². The maximum Gasteiger partial charge on any atom is 0.326 e. The summed E-state index contributed by atoms with van der Waals surface area (Å²) < 4.78 is 12.3. The molecular formula is C21H25N3O6. The lowest BCUT2D eigenvalue weighted by molar-refractivity contribution is -0.146. The van der Waals surface area contributed by atoms with Crippen LogP contribution in [0.5, 0.6) is 0 Å². The number of furan rings is 1. The van der Waals surface area contributed by atoms with E-state index in [0.717, 1.165) is 22.0 Å². The Morgan fingerprint density at radius 3 is 2.60 bits per heavy atom. The van der Waals surface area contributed by atoms with Crippen LogP contribution in [-0.2, 0) is 20.9 Å². The van der Waals surface area contributed by atoms with E-state index in [1.165, 1.54) is 0 Å². The summed E-state index contributed by atoms with van der Waals surface area (Å²) in [4.78, 5) is 49.8. The van der Waals surface area contributed by atoms with E-state index in [1.54, 1.807) is 32.2 Å². The first-order chi connectivity index (χ1) is 14.2. The van der Waals surface area contributed by atoms with Crippen molar-refractivity contribution < 1.29 is 28.3 Å². The number of carbonyl (C=O) groups excluding carboxylic acids is 4. The summed E-state index contributed by atoms with van der Waals surface area (Å²) in [5.74, 6) is -0.913. The van der Waals surface area contributed by atoms with E-state index in [1.807, 2.05) is 24.5 Å². The highest BCUT2D eigenvalue weighted by Crippen LogP contribution is 2.21. The molecule has 1 fully saturated rings. The summed E-state index contributed by atoms with van der Waals surface area (Å²) in [6.07, 6.45) is 1.98. The fraction of sp³-hybridized carbons (Fsp3) is 0.429. The second-order valence-electron chi connectivity index (χ2n) is 7.54. The number of rotatable bonds is 8. The van der Waals surface area contributed by atoms with E-state index in [-0.39, 0.29) is 5.78 Å². The number of aromatic nitrogens is 1. The number of hydrogen-bond donors (Lipinski definition) is 1. The van der Waals surface area contributed by atoms with Gasteiger partial charge in [-0.25, -0.2) is 4.79 Å². The molecule has 0 radical (unpaired) electrons. The highest BCUT2D eigenvalue weighted by molar-refractivity contribution is 6.08. The maximum atomic E-state index is 12.6. The predicted octanol–water partition coefficient (Wildman–Crippen LogP) is 2.19. The van der Waals surface area contributed by atoms with Crippen LogP contribution in [0.15, 0.2) is 28.9 Å². The first kappa shape index (κ1) is 21.4. The predicted molar refractivity (Wildman–Crippen MR) is 106 cm³/mol. The monoisotopic (exact) mass is 415 g/mol. The molecule has 0 aliphatic carbocycles. The van der Waals surface area contributed by atoms with Crippen LogP contribution in [0.2, 0.25) is 0 Å². The van der Waals surface area contributed by atoms with E-state index in [2.05, 4.69) is 5.32 Å². The van der Waals surface area contributed by atoms with Gasteiger partial charge in [0.25, 0.3) is 5.91 Å².